The number of aliphatic carboxylic acids is 1. The summed E-state index contributed by atoms with van der Waals surface area (Å²) in [4.78, 5) is 38.7. The Bertz CT molecular complexity index is 1490. The number of carbonyl (C=O) groups is 3. The fourth-order valence-corrected chi connectivity index (χ4v) is 4.44. The maximum Gasteiger partial charge on any atom is 0.343 e. The first-order valence-corrected chi connectivity index (χ1v) is 12.7. The van der Waals surface area contributed by atoms with Crippen molar-refractivity contribution < 1.29 is 37.8 Å². The summed E-state index contributed by atoms with van der Waals surface area (Å²) in [5.41, 5.74) is 12.1. The molecule has 0 bridgehead atoms. The van der Waals surface area contributed by atoms with Crippen LogP contribution in [-0.2, 0) is 28.1 Å². The molecule has 0 heterocycles. The molecule has 3 aromatic carbocycles. The molecule has 0 unspecified atom stereocenters. The molecule has 7 N–H and O–H groups in total. The topological polar surface area (TPSA) is 215 Å². The highest BCUT2D eigenvalue weighted by molar-refractivity contribution is 7.87. The molecule has 0 aliphatic carbocycles. The number of nitrogens with zero attached hydrogens (tertiary/aromatic N) is 2. The van der Waals surface area contributed by atoms with Crippen molar-refractivity contribution in [2.45, 2.75) is 13.1 Å². The number of guanidine groups is 1. The van der Waals surface area contributed by atoms with E-state index in [-0.39, 0.29) is 35.9 Å². The van der Waals surface area contributed by atoms with Gasteiger partial charge in [-0.25, -0.2) is 14.6 Å². The van der Waals surface area contributed by atoms with E-state index in [1.807, 2.05) is 0 Å². The highest BCUT2D eigenvalue weighted by atomic mass is 32.2. The van der Waals surface area contributed by atoms with Crippen molar-refractivity contribution in [3.05, 3.63) is 95.1 Å². The second kappa shape index (κ2) is 12.6. The molecule has 3 rings (SSSR count). The van der Waals surface area contributed by atoms with Gasteiger partial charge in [-0.3, -0.25) is 4.79 Å². The fourth-order valence-electron chi connectivity index (χ4n) is 3.31. The van der Waals surface area contributed by atoms with Crippen LogP contribution in [0.25, 0.3) is 0 Å². The average molecular weight is 556 g/mol. The van der Waals surface area contributed by atoms with E-state index in [1.54, 1.807) is 12.1 Å². The molecule has 39 heavy (non-hydrogen) atoms. The SMILES string of the molecule is NC(N)=Nc1ccc(C(=O)Oc2ccc(CNS(=O)(=O)N(CC(=O)O)Cc3cccc(C(=O)O)c3)cc2)cc1. The number of rotatable bonds is 12. The Morgan fingerprint density at radius 1 is 0.897 bits per heavy atom. The number of aliphatic imine (C=N–C) groups is 1. The predicted molar refractivity (Wildman–Crippen MR) is 141 cm³/mol. The van der Waals surface area contributed by atoms with Gasteiger partial charge in [0.15, 0.2) is 5.96 Å². The number of nitrogens with two attached hydrogens (primary N) is 2. The van der Waals surface area contributed by atoms with Crippen LogP contribution in [0.1, 0.15) is 31.8 Å². The molecule has 0 aromatic heterocycles. The quantitative estimate of drug-likeness (QED) is 0.0937. The van der Waals surface area contributed by atoms with Crippen LogP contribution in [0.4, 0.5) is 5.69 Å². The minimum absolute atomic E-state index is 0.0584. The number of hydrogen-bond acceptors (Lipinski definition) is 7. The van der Waals surface area contributed by atoms with Crippen LogP contribution in [0.5, 0.6) is 5.75 Å². The highest BCUT2D eigenvalue weighted by Gasteiger charge is 2.25. The lowest BCUT2D eigenvalue weighted by Gasteiger charge is -2.21. The number of carboxylic acids is 2. The van der Waals surface area contributed by atoms with Gasteiger partial charge in [0.25, 0.3) is 10.2 Å². The van der Waals surface area contributed by atoms with Gasteiger partial charge in [0.2, 0.25) is 0 Å². The molecule has 13 nitrogen and oxygen atoms in total. The van der Waals surface area contributed by atoms with E-state index in [4.69, 9.17) is 21.3 Å². The lowest BCUT2D eigenvalue weighted by molar-refractivity contribution is -0.137. The number of benzene rings is 3. The van der Waals surface area contributed by atoms with Gasteiger partial charge in [-0.05, 0) is 59.7 Å². The van der Waals surface area contributed by atoms with E-state index >= 15 is 0 Å². The van der Waals surface area contributed by atoms with Crippen molar-refractivity contribution in [3.8, 4) is 5.75 Å². The molecule has 0 spiro atoms. The zero-order chi connectivity index (χ0) is 28.6. The molecule has 0 saturated heterocycles. The van der Waals surface area contributed by atoms with Crippen LogP contribution in [0.15, 0.2) is 77.8 Å². The van der Waals surface area contributed by atoms with Crippen molar-refractivity contribution in [2.75, 3.05) is 6.54 Å². The molecule has 0 atom stereocenters. The summed E-state index contributed by atoms with van der Waals surface area (Å²) in [7, 11) is -4.28. The Balaban J connectivity index is 1.63. The fraction of sp³-hybridized carbons (Fsp3) is 0.120. The lowest BCUT2D eigenvalue weighted by Crippen LogP contribution is -2.42. The van der Waals surface area contributed by atoms with E-state index in [9.17, 15) is 27.9 Å². The molecule has 204 valence electrons. The number of hydrogen-bond donors (Lipinski definition) is 5. The Kier molecular flexibility index (Phi) is 9.33. The maximum atomic E-state index is 12.9. The minimum atomic E-state index is -4.28. The first-order chi connectivity index (χ1) is 18.4. The monoisotopic (exact) mass is 555 g/mol. The van der Waals surface area contributed by atoms with Gasteiger partial charge in [-0.15, -0.1) is 0 Å². The average Bonchev–Trinajstić information content (AvgIpc) is 2.88. The van der Waals surface area contributed by atoms with Crippen molar-refractivity contribution in [1.29, 1.82) is 0 Å². The van der Waals surface area contributed by atoms with Crippen LogP contribution in [0.2, 0.25) is 0 Å². The summed E-state index contributed by atoms with van der Waals surface area (Å²) in [6.45, 7) is -1.38. The summed E-state index contributed by atoms with van der Waals surface area (Å²) in [6, 6.07) is 17.6. The van der Waals surface area contributed by atoms with Crippen LogP contribution in [0.3, 0.4) is 0 Å². The molecule has 0 radical (unpaired) electrons. The van der Waals surface area contributed by atoms with Gasteiger partial charge >= 0.3 is 17.9 Å². The summed E-state index contributed by atoms with van der Waals surface area (Å²) >= 11 is 0. The smallest absolute Gasteiger partial charge is 0.343 e. The first-order valence-electron chi connectivity index (χ1n) is 11.2. The van der Waals surface area contributed by atoms with Gasteiger partial charge in [0.05, 0.1) is 16.8 Å². The van der Waals surface area contributed by atoms with Crippen molar-refractivity contribution >= 4 is 39.8 Å². The number of nitrogens with one attached hydrogen (secondary N) is 1. The minimum Gasteiger partial charge on any atom is -0.480 e. The maximum absolute atomic E-state index is 12.9. The predicted octanol–water partition coefficient (Wildman–Crippen LogP) is 1.43. The van der Waals surface area contributed by atoms with Crippen molar-refractivity contribution in [1.82, 2.24) is 9.03 Å². The third-order valence-corrected chi connectivity index (χ3v) is 6.59. The Hall–Kier alpha value is -4.79. The number of ether oxygens (including phenoxy) is 1. The Morgan fingerprint density at radius 2 is 1.56 bits per heavy atom. The molecule has 0 aliphatic heterocycles. The van der Waals surface area contributed by atoms with E-state index in [1.165, 1.54) is 60.7 Å². The third kappa shape index (κ3) is 8.63. The molecule has 0 fully saturated rings. The van der Waals surface area contributed by atoms with Gasteiger partial charge in [-0.1, -0.05) is 24.3 Å². The Labute approximate surface area is 223 Å². The van der Waals surface area contributed by atoms with E-state index in [0.717, 1.165) is 0 Å². The van der Waals surface area contributed by atoms with Crippen LogP contribution in [-0.4, -0.2) is 53.3 Å². The summed E-state index contributed by atoms with van der Waals surface area (Å²) < 4.78 is 34.0. The normalized spacial score (nSPS) is 11.1. The van der Waals surface area contributed by atoms with Crippen LogP contribution < -0.4 is 20.9 Å². The third-order valence-electron chi connectivity index (χ3n) is 5.14. The molecular weight excluding hydrogens is 530 g/mol. The number of carbonyl (C=O) groups excluding carboxylic acids is 1. The second-order valence-electron chi connectivity index (χ2n) is 8.11. The standard InChI is InChI=1S/C25H25N5O8S/c26-25(27)29-20-8-6-18(7-9-20)24(35)38-21-10-4-16(5-11-21)13-28-39(36,37)30(15-22(31)32)14-17-2-1-3-19(12-17)23(33)34/h1-12,28H,13-15H2,(H,31,32)(H,33,34)(H4,26,27,29). The lowest BCUT2D eigenvalue weighted by atomic mass is 10.1. The van der Waals surface area contributed by atoms with E-state index < -0.39 is 34.7 Å². The van der Waals surface area contributed by atoms with Gasteiger partial charge in [-0.2, -0.15) is 17.4 Å². The molecular formula is C25H25N5O8S. The first kappa shape index (κ1) is 28.8. The van der Waals surface area contributed by atoms with Gasteiger partial charge in [0, 0.05) is 13.1 Å². The summed E-state index contributed by atoms with van der Waals surface area (Å²) in [6.07, 6.45) is 0. The molecule has 0 aliphatic rings. The number of aromatic carboxylic acids is 1. The molecule has 3 aromatic rings. The van der Waals surface area contributed by atoms with Gasteiger partial charge < -0.3 is 26.4 Å². The Morgan fingerprint density at radius 3 is 2.15 bits per heavy atom. The molecule has 14 heteroatoms. The van der Waals surface area contributed by atoms with Crippen molar-refractivity contribution in [3.63, 3.8) is 0 Å². The molecule has 0 saturated carbocycles. The summed E-state index contributed by atoms with van der Waals surface area (Å²) in [5, 5.41) is 18.3. The number of carboxylic acid groups (broad SMARTS) is 2. The van der Waals surface area contributed by atoms with E-state index in [0.29, 0.717) is 21.1 Å². The zero-order valence-electron chi connectivity index (χ0n) is 20.4. The van der Waals surface area contributed by atoms with Crippen LogP contribution >= 0.6 is 0 Å². The number of esters is 1. The largest absolute Gasteiger partial charge is 0.480 e. The van der Waals surface area contributed by atoms with Crippen LogP contribution in [0, 0.1) is 0 Å². The zero-order valence-corrected chi connectivity index (χ0v) is 21.2. The molecule has 0 amide bonds. The highest BCUT2D eigenvalue weighted by Crippen LogP contribution is 2.18. The van der Waals surface area contributed by atoms with Gasteiger partial charge in [0.1, 0.15) is 12.3 Å². The van der Waals surface area contributed by atoms with E-state index in [2.05, 4.69) is 9.71 Å². The second-order valence-corrected chi connectivity index (χ2v) is 9.87. The summed E-state index contributed by atoms with van der Waals surface area (Å²) in [5.74, 6) is -3.11. The van der Waals surface area contributed by atoms with Crippen molar-refractivity contribution in [2.24, 2.45) is 16.5 Å².